The average Bonchev–Trinajstić information content (AvgIpc) is 2.44. The molecule has 0 spiro atoms. The minimum absolute atomic E-state index is 0.0939. The van der Waals surface area contributed by atoms with Gasteiger partial charge >= 0.3 is 0 Å². The Labute approximate surface area is 123 Å². The van der Waals surface area contributed by atoms with Crippen molar-refractivity contribution in [1.29, 1.82) is 0 Å². The van der Waals surface area contributed by atoms with Gasteiger partial charge in [0.05, 0.1) is 11.0 Å². The lowest BCUT2D eigenvalue weighted by Gasteiger charge is -2.11. The predicted molar refractivity (Wildman–Crippen MR) is 83.8 cm³/mol. The monoisotopic (exact) mass is 295 g/mol. The first-order chi connectivity index (χ1) is 9.52. The summed E-state index contributed by atoms with van der Waals surface area (Å²) in [5.41, 5.74) is 7.22. The molecule has 0 saturated carbocycles. The van der Waals surface area contributed by atoms with Crippen molar-refractivity contribution >= 4 is 29.3 Å². The molecule has 6 heteroatoms. The maximum absolute atomic E-state index is 11.8. The molecule has 0 bridgehead atoms. The number of nitrogens with two attached hydrogens (primary N) is 1. The molecule has 1 unspecified atom stereocenters. The van der Waals surface area contributed by atoms with Crippen molar-refractivity contribution in [2.45, 2.75) is 19.1 Å². The molecule has 0 aromatic heterocycles. The van der Waals surface area contributed by atoms with Gasteiger partial charge in [0.2, 0.25) is 11.8 Å². The summed E-state index contributed by atoms with van der Waals surface area (Å²) in [6.07, 6.45) is 0. The largest absolute Gasteiger partial charge is 0.354 e. The Bertz CT molecular complexity index is 448. The summed E-state index contributed by atoms with van der Waals surface area (Å²) in [5.74, 6) is 0.0337. The van der Waals surface area contributed by atoms with Crippen LogP contribution in [0.3, 0.4) is 0 Å². The van der Waals surface area contributed by atoms with E-state index in [1.54, 1.807) is 6.92 Å². The molecule has 0 heterocycles. The molecule has 0 aliphatic carbocycles. The first-order valence-electron chi connectivity index (χ1n) is 6.49. The van der Waals surface area contributed by atoms with Crippen molar-refractivity contribution in [2.24, 2.45) is 5.73 Å². The Morgan fingerprint density at radius 1 is 1.30 bits per heavy atom. The number of hydrogen-bond acceptors (Lipinski definition) is 4. The molecule has 0 saturated heterocycles. The SMILES string of the molecule is Cc1ccc(NC(=O)CSC(C)C(=O)NCCN)cc1. The second kappa shape index (κ2) is 8.60. The topological polar surface area (TPSA) is 84.2 Å². The van der Waals surface area contributed by atoms with Crippen LogP contribution < -0.4 is 16.4 Å². The Morgan fingerprint density at radius 2 is 1.95 bits per heavy atom. The van der Waals surface area contributed by atoms with Gasteiger partial charge in [-0.25, -0.2) is 0 Å². The van der Waals surface area contributed by atoms with E-state index in [1.807, 2.05) is 31.2 Å². The average molecular weight is 295 g/mol. The lowest BCUT2D eigenvalue weighted by molar-refractivity contribution is -0.120. The molecule has 20 heavy (non-hydrogen) atoms. The fourth-order valence-corrected chi connectivity index (χ4v) is 2.16. The van der Waals surface area contributed by atoms with E-state index in [0.717, 1.165) is 11.3 Å². The smallest absolute Gasteiger partial charge is 0.234 e. The molecule has 5 nitrogen and oxygen atoms in total. The van der Waals surface area contributed by atoms with Gasteiger partial charge < -0.3 is 16.4 Å². The van der Waals surface area contributed by atoms with Crippen LogP contribution in [-0.4, -0.2) is 35.9 Å². The zero-order valence-corrected chi connectivity index (χ0v) is 12.6. The van der Waals surface area contributed by atoms with Crippen molar-refractivity contribution in [3.8, 4) is 0 Å². The van der Waals surface area contributed by atoms with Crippen LogP contribution in [0.5, 0.6) is 0 Å². The second-order valence-electron chi connectivity index (χ2n) is 4.45. The number of amides is 2. The molecule has 1 rings (SSSR count). The molecule has 0 radical (unpaired) electrons. The van der Waals surface area contributed by atoms with E-state index in [9.17, 15) is 9.59 Å². The van der Waals surface area contributed by atoms with Crippen LogP contribution >= 0.6 is 11.8 Å². The van der Waals surface area contributed by atoms with Crippen LogP contribution in [0.2, 0.25) is 0 Å². The van der Waals surface area contributed by atoms with Gasteiger partial charge in [-0.05, 0) is 26.0 Å². The number of nitrogens with one attached hydrogen (secondary N) is 2. The third-order valence-electron chi connectivity index (χ3n) is 2.61. The Morgan fingerprint density at radius 3 is 2.55 bits per heavy atom. The van der Waals surface area contributed by atoms with Crippen molar-refractivity contribution in [2.75, 3.05) is 24.2 Å². The van der Waals surface area contributed by atoms with E-state index in [2.05, 4.69) is 10.6 Å². The first kappa shape index (κ1) is 16.5. The summed E-state index contributed by atoms with van der Waals surface area (Å²) in [4.78, 5) is 23.3. The second-order valence-corrected chi connectivity index (χ2v) is 5.78. The van der Waals surface area contributed by atoms with Gasteiger partial charge in [0.1, 0.15) is 0 Å². The van der Waals surface area contributed by atoms with E-state index < -0.39 is 0 Å². The zero-order chi connectivity index (χ0) is 15.0. The molecule has 0 aliphatic heterocycles. The Balaban J connectivity index is 2.32. The summed E-state index contributed by atoms with van der Waals surface area (Å²) in [5, 5.41) is 5.22. The number of aryl methyl sites for hydroxylation is 1. The van der Waals surface area contributed by atoms with Gasteiger partial charge in [-0.3, -0.25) is 9.59 Å². The Hall–Kier alpha value is -1.53. The molecule has 1 aromatic rings. The van der Waals surface area contributed by atoms with Crippen molar-refractivity contribution < 1.29 is 9.59 Å². The number of benzene rings is 1. The zero-order valence-electron chi connectivity index (χ0n) is 11.8. The summed E-state index contributed by atoms with van der Waals surface area (Å²) >= 11 is 1.30. The van der Waals surface area contributed by atoms with Crippen molar-refractivity contribution in [1.82, 2.24) is 5.32 Å². The van der Waals surface area contributed by atoms with Gasteiger partial charge in [0, 0.05) is 18.8 Å². The molecule has 4 N–H and O–H groups in total. The van der Waals surface area contributed by atoms with Gasteiger partial charge in [-0.1, -0.05) is 17.7 Å². The fraction of sp³-hybridized carbons (Fsp3) is 0.429. The lowest BCUT2D eigenvalue weighted by atomic mass is 10.2. The number of rotatable bonds is 7. The van der Waals surface area contributed by atoms with Crippen LogP contribution in [-0.2, 0) is 9.59 Å². The van der Waals surface area contributed by atoms with Gasteiger partial charge in [0.25, 0.3) is 0 Å². The minimum atomic E-state index is -0.273. The Kier molecular flexibility index (Phi) is 7.11. The standard InChI is InChI=1S/C14H21N3O2S/c1-10-3-5-12(6-4-10)17-13(18)9-20-11(2)14(19)16-8-7-15/h3-6,11H,7-9,15H2,1-2H3,(H,16,19)(H,17,18). The molecular formula is C14H21N3O2S. The quantitative estimate of drug-likeness (QED) is 0.704. The highest BCUT2D eigenvalue weighted by Gasteiger charge is 2.14. The van der Waals surface area contributed by atoms with E-state index in [-0.39, 0.29) is 22.8 Å². The minimum Gasteiger partial charge on any atom is -0.354 e. The lowest BCUT2D eigenvalue weighted by Crippen LogP contribution is -2.35. The van der Waals surface area contributed by atoms with E-state index in [4.69, 9.17) is 5.73 Å². The van der Waals surface area contributed by atoms with Gasteiger partial charge in [-0.15, -0.1) is 11.8 Å². The summed E-state index contributed by atoms with van der Waals surface area (Å²) in [7, 11) is 0. The highest BCUT2D eigenvalue weighted by Crippen LogP contribution is 2.13. The van der Waals surface area contributed by atoms with E-state index in [0.29, 0.717) is 13.1 Å². The molecule has 0 aliphatic rings. The number of carbonyl (C=O) groups is 2. The van der Waals surface area contributed by atoms with E-state index >= 15 is 0 Å². The van der Waals surface area contributed by atoms with Crippen LogP contribution in [0.4, 0.5) is 5.69 Å². The summed E-state index contributed by atoms with van der Waals surface area (Å²) in [6.45, 7) is 4.63. The summed E-state index contributed by atoms with van der Waals surface area (Å²) in [6, 6.07) is 7.59. The third-order valence-corrected chi connectivity index (χ3v) is 3.76. The highest BCUT2D eigenvalue weighted by molar-refractivity contribution is 8.01. The van der Waals surface area contributed by atoms with Gasteiger partial charge in [-0.2, -0.15) is 0 Å². The van der Waals surface area contributed by atoms with Crippen molar-refractivity contribution in [3.63, 3.8) is 0 Å². The number of thioether (sulfide) groups is 1. The normalized spacial score (nSPS) is 11.8. The number of hydrogen-bond donors (Lipinski definition) is 3. The fourth-order valence-electron chi connectivity index (χ4n) is 1.45. The number of carbonyl (C=O) groups excluding carboxylic acids is 2. The first-order valence-corrected chi connectivity index (χ1v) is 7.53. The molecule has 110 valence electrons. The van der Waals surface area contributed by atoms with Crippen molar-refractivity contribution in [3.05, 3.63) is 29.8 Å². The summed E-state index contributed by atoms with van der Waals surface area (Å²) < 4.78 is 0. The molecule has 1 aromatic carbocycles. The van der Waals surface area contributed by atoms with Gasteiger partial charge in [0.15, 0.2) is 0 Å². The van der Waals surface area contributed by atoms with E-state index in [1.165, 1.54) is 11.8 Å². The predicted octanol–water partition coefficient (Wildman–Crippen LogP) is 1.13. The maximum Gasteiger partial charge on any atom is 0.234 e. The van der Waals surface area contributed by atoms with Crippen LogP contribution in [0.1, 0.15) is 12.5 Å². The number of anilines is 1. The molecule has 2 amide bonds. The molecule has 0 fully saturated rings. The molecule has 1 atom stereocenters. The molecular weight excluding hydrogens is 274 g/mol. The van der Waals surface area contributed by atoms with Crippen LogP contribution in [0.25, 0.3) is 0 Å². The third kappa shape index (κ3) is 6.08. The highest BCUT2D eigenvalue weighted by atomic mass is 32.2. The van der Waals surface area contributed by atoms with Crippen LogP contribution in [0, 0.1) is 6.92 Å². The maximum atomic E-state index is 11.8. The van der Waals surface area contributed by atoms with Crippen LogP contribution in [0.15, 0.2) is 24.3 Å².